The van der Waals surface area contributed by atoms with Crippen molar-refractivity contribution >= 4 is 15.9 Å². The van der Waals surface area contributed by atoms with Crippen molar-refractivity contribution in [2.45, 2.75) is 71.0 Å². The number of nitrogens with one attached hydrogen (secondary N) is 1. The van der Waals surface area contributed by atoms with Crippen molar-refractivity contribution < 1.29 is 13.2 Å². The maximum absolute atomic E-state index is 12.5. The van der Waals surface area contributed by atoms with Crippen LogP contribution >= 0.6 is 0 Å². The number of aryl methyl sites for hydroxylation is 2. The van der Waals surface area contributed by atoms with Crippen LogP contribution in [0.3, 0.4) is 0 Å². The van der Waals surface area contributed by atoms with Gasteiger partial charge in [-0.1, -0.05) is 19.8 Å². The van der Waals surface area contributed by atoms with Crippen LogP contribution in [0.4, 0.5) is 0 Å². The van der Waals surface area contributed by atoms with Gasteiger partial charge in [-0.25, -0.2) is 13.4 Å². The van der Waals surface area contributed by atoms with Crippen LogP contribution in [-0.2, 0) is 34.3 Å². The van der Waals surface area contributed by atoms with Crippen LogP contribution in [0.1, 0.15) is 57.0 Å². The van der Waals surface area contributed by atoms with E-state index in [-0.39, 0.29) is 25.0 Å². The molecule has 0 radical (unpaired) electrons. The van der Waals surface area contributed by atoms with E-state index in [4.69, 9.17) is 0 Å². The van der Waals surface area contributed by atoms with E-state index in [0.29, 0.717) is 11.6 Å². The first kappa shape index (κ1) is 19.4. The summed E-state index contributed by atoms with van der Waals surface area (Å²) in [5.41, 5.74) is 0.714. The molecule has 0 bridgehead atoms. The van der Waals surface area contributed by atoms with Crippen molar-refractivity contribution in [1.82, 2.24) is 19.2 Å². The van der Waals surface area contributed by atoms with Crippen LogP contribution in [0.15, 0.2) is 6.20 Å². The first-order chi connectivity index (χ1) is 12.3. The average molecular weight is 383 g/mol. The van der Waals surface area contributed by atoms with Crippen LogP contribution in [-0.4, -0.2) is 47.0 Å². The third-order valence-corrected chi connectivity index (χ3v) is 6.74. The zero-order chi connectivity index (χ0) is 18.7. The number of aromatic nitrogens is 2. The number of amides is 1. The number of hydrogen-bond acceptors (Lipinski definition) is 4. The molecular weight excluding hydrogens is 352 g/mol. The number of nitrogens with zero attached hydrogens (tertiary/aromatic N) is 3. The quantitative estimate of drug-likeness (QED) is 0.811. The minimum atomic E-state index is -3.49. The average Bonchev–Trinajstić information content (AvgIpc) is 2.98. The van der Waals surface area contributed by atoms with E-state index < -0.39 is 10.0 Å². The smallest absolute Gasteiger partial charge is 0.235 e. The highest BCUT2D eigenvalue weighted by molar-refractivity contribution is 7.88. The first-order valence-electron chi connectivity index (χ1n) is 9.62. The summed E-state index contributed by atoms with van der Waals surface area (Å²) in [4.78, 5) is 17.0. The largest absolute Gasteiger partial charge is 0.352 e. The van der Waals surface area contributed by atoms with Gasteiger partial charge in [0, 0.05) is 25.2 Å². The van der Waals surface area contributed by atoms with Gasteiger partial charge < -0.3 is 9.88 Å². The molecule has 3 rings (SSSR count). The Kier molecular flexibility index (Phi) is 6.02. The molecule has 1 aromatic rings. The monoisotopic (exact) mass is 382 g/mol. The lowest BCUT2D eigenvalue weighted by molar-refractivity contribution is -0.122. The summed E-state index contributed by atoms with van der Waals surface area (Å²) in [5.74, 6) is 1.23. The van der Waals surface area contributed by atoms with Gasteiger partial charge in [0.1, 0.15) is 5.82 Å². The van der Waals surface area contributed by atoms with Gasteiger partial charge in [-0.3, -0.25) is 4.79 Å². The van der Waals surface area contributed by atoms with Crippen LogP contribution in [0, 0.1) is 5.92 Å². The third kappa shape index (κ3) is 4.85. The second-order valence-corrected chi connectivity index (χ2v) is 9.75. The topological polar surface area (TPSA) is 84.3 Å². The Labute approximate surface area is 156 Å². The normalized spacial score (nSPS) is 23.7. The van der Waals surface area contributed by atoms with Crippen LogP contribution in [0.25, 0.3) is 0 Å². The number of fused-ring (bicyclic) bond motifs is 1. The van der Waals surface area contributed by atoms with Crippen LogP contribution < -0.4 is 5.32 Å². The summed E-state index contributed by atoms with van der Waals surface area (Å²) in [5, 5.41) is 3.04. The van der Waals surface area contributed by atoms with Gasteiger partial charge in [0.15, 0.2) is 0 Å². The summed E-state index contributed by atoms with van der Waals surface area (Å²) in [6.45, 7) is 3.08. The van der Waals surface area contributed by atoms with Gasteiger partial charge in [0.05, 0.1) is 25.0 Å². The number of carbonyl (C=O) groups excluding carboxylic acids is 1. The molecule has 0 aromatic carbocycles. The predicted molar refractivity (Wildman–Crippen MR) is 100.0 cm³/mol. The highest BCUT2D eigenvalue weighted by Gasteiger charge is 2.26. The molecule has 1 N–H and O–H groups in total. The molecule has 0 unspecified atom stereocenters. The number of imidazole rings is 1. The SMILES string of the molecule is C[C@@H]1CCCC[C@H]1NC(=O)CN(Cc1cn2c(n1)CCCC2)S(C)(=O)=O. The van der Waals surface area contributed by atoms with Crippen molar-refractivity contribution in [3.8, 4) is 0 Å². The fourth-order valence-corrected chi connectivity index (χ4v) is 4.68. The molecule has 0 spiro atoms. The van der Waals surface area contributed by atoms with E-state index >= 15 is 0 Å². The molecular formula is C18H30N4O3S. The van der Waals surface area contributed by atoms with Crippen molar-refractivity contribution in [1.29, 1.82) is 0 Å². The zero-order valence-corrected chi connectivity index (χ0v) is 16.6. The lowest BCUT2D eigenvalue weighted by Crippen LogP contribution is -2.46. The lowest BCUT2D eigenvalue weighted by Gasteiger charge is -2.30. The van der Waals surface area contributed by atoms with Crippen molar-refractivity contribution in [3.05, 3.63) is 17.7 Å². The van der Waals surface area contributed by atoms with Gasteiger partial charge in [-0.15, -0.1) is 0 Å². The molecule has 26 heavy (non-hydrogen) atoms. The molecule has 1 amide bonds. The summed E-state index contributed by atoms with van der Waals surface area (Å²) >= 11 is 0. The minimum Gasteiger partial charge on any atom is -0.352 e. The third-order valence-electron chi connectivity index (χ3n) is 5.54. The molecule has 2 atom stereocenters. The molecule has 7 nitrogen and oxygen atoms in total. The van der Waals surface area contributed by atoms with Crippen LogP contribution in [0.5, 0.6) is 0 Å². The number of sulfonamides is 1. The molecule has 1 aromatic heterocycles. The van der Waals surface area contributed by atoms with E-state index in [0.717, 1.165) is 57.1 Å². The van der Waals surface area contributed by atoms with Gasteiger partial charge >= 0.3 is 0 Å². The van der Waals surface area contributed by atoms with Crippen molar-refractivity contribution in [3.63, 3.8) is 0 Å². The van der Waals surface area contributed by atoms with Gasteiger partial charge in [0.25, 0.3) is 0 Å². The van der Waals surface area contributed by atoms with Gasteiger partial charge in [-0.05, 0) is 31.6 Å². The highest BCUT2D eigenvalue weighted by atomic mass is 32.2. The molecule has 2 aliphatic rings. The number of hydrogen-bond donors (Lipinski definition) is 1. The molecule has 1 fully saturated rings. The lowest BCUT2D eigenvalue weighted by atomic mass is 9.86. The molecule has 0 saturated heterocycles. The molecule has 2 heterocycles. The summed E-state index contributed by atoms with van der Waals surface area (Å²) in [6.07, 6.45) is 10.7. The number of rotatable bonds is 6. The van der Waals surface area contributed by atoms with E-state index in [1.165, 1.54) is 10.7 Å². The molecule has 8 heteroatoms. The van der Waals surface area contributed by atoms with E-state index in [1.807, 2.05) is 6.20 Å². The molecule has 1 aliphatic heterocycles. The van der Waals surface area contributed by atoms with Gasteiger partial charge in [0.2, 0.25) is 15.9 Å². The van der Waals surface area contributed by atoms with E-state index in [9.17, 15) is 13.2 Å². The summed E-state index contributed by atoms with van der Waals surface area (Å²) in [7, 11) is -3.49. The van der Waals surface area contributed by atoms with Crippen molar-refractivity contribution in [2.75, 3.05) is 12.8 Å². The second-order valence-electron chi connectivity index (χ2n) is 7.77. The molecule has 1 aliphatic carbocycles. The minimum absolute atomic E-state index is 0.145. The standard InChI is InChI=1S/C18H30N4O3S/c1-14-7-3-4-8-16(14)20-18(23)13-22(26(2,24)25)12-15-11-21-10-6-5-9-17(21)19-15/h11,14,16H,3-10,12-13H2,1-2H3,(H,20,23)/t14-,16-/m1/s1. The summed E-state index contributed by atoms with van der Waals surface area (Å²) in [6, 6.07) is 0.151. The predicted octanol–water partition coefficient (Wildman–Crippen LogP) is 1.68. The maximum Gasteiger partial charge on any atom is 0.235 e. The first-order valence-corrected chi connectivity index (χ1v) is 11.5. The Morgan fingerprint density at radius 2 is 2.08 bits per heavy atom. The number of carbonyl (C=O) groups is 1. The van der Waals surface area contributed by atoms with E-state index in [1.54, 1.807) is 0 Å². The Morgan fingerprint density at radius 3 is 2.77 bits per heavy atom. The fourth-order valence-electron chi connectivity index (χ4n) is 3.96. The zero-order valence-electron chi connectivity index (χ0n) is 15.8. The fraction of sp³-hybridized carbons (Fsp3) is 0.778. The molecule has 1 saturated carbocycles. The Morgan fingerprint density at radius 1 is 1.31 bits per heavy atom. The van der Waals surface area contributed by atoms with E-state index in [2.05, 4.69) is 21.8 Å². The maximum atomic E-state index is 12.5. The Balaban J connectivity index is 1.64. The van der Waals surface area contributed by atoms with Crippen molar-refractivity contribution in [2.24, 2.45) is 5.92 Å². The second kappa shape index (κ2) is 8.08. The Bertz CT molecular complexity index is 720. The van der Waals surface area contributed by atoms with Gasteiger partial charge in [-0.2, -0.15) is 4.31 Å². The Hall–Kier alpha value is -1.41. The summed E-state index contributed by atoms with van der Waals surface area (Å²) < 4.78 is 27.7. The van der Waals surface area contributed by atoms with Crippen LogP contribution in [0.2, 0.25) is 0 Å². The highest BCUT2D eigenvalue weighted by Crippen LogP contribution is 2.23. The molecule has 146 valence electrons.